The molecule has 0 bridgehead atoms. The zero-order chi connectivity index (χ0) is 16.3. The zero-order valence-electron chi connectivity index (χ0n) is 12.1. The number of aromatic amines is 1. The van der Waals surface area contributed by atoms with Gasteiger partial charge in [0.05, 0.1) is 11.9 Å². The van der Waals surface area contributed by atoms with Crippen molar-refractivity contribution in [3.8, 4) is 11.4 Å². The lowest BCUT2D eigenvalue weighted by Gasteiger charge is -2.07. The van der Waals surface area contributed by atoms with E-state index in [0.717, 1.165) is 6.20 Å². The Morgan fingerprint density at radius 1 is 1.27 bits per heavy atom. The van der Waals surface area contributed by atoms with Gasteiger partial charge in [0.1, 0.15) is 11.5 Å². The average Bonchev–Trinajstić information content (AvgIpc) is 2.98. The molecule has 0 aromatic carbocycles. The van der Waals surface area contributed by atoms with Crippen LogP contribution in [-0.2, 0) is 6.18 Å². The summed E-state index contributed by atoms with van der Waals surface area (Å²) in [5, 5.41) is 7.87. The molecule has 2 aromatic rings. The molecule has 0 aliphatic carbocycles. The maximum Gasteiger partial charge on any atom is 0.432 e. The second kappa shape index (κ2) is 6.13. The van der Waals surface area contributed by atoms with Crippen LogP contribution >= 0.6 is 0 Å². The molecule has 0 saturated carbocycles. The van der Waals surface area contributed by atoms with Crippen LogP contribution in [-0.4, -0.2) is 20.7 Å². The summed E-state index contributed by atoms with van der Waals surface area (Å²) in [5.41, 5.74) is 1.34. The number of allylic oxidation sites excluding steroid dienone is 2. The molecular weight excluding hydrogens is 293 g/mol. The molecule has 0 radical (unpaired) electrons. The first-order valence-corrected chi connectivity index (χ1v) is 6.70. The van der Waals surface area contributed by atoms with Gasteiger partial charge in [0.2, 0.25) is 0 Å². The number of hydrogen-bond acceptors (Lipinski definition) is 3. The lowest BCUT2D eigenvalue weighted by atomic mass is 10.0. The van der Waals surface area contributed by atoms with Gasteiger partial charge in [0, 0.05) is 23.0 Å². The summed E-state index contributed by atoms with van der Waals surface area (Å²) in [6.07, 6.45) is 0.125. The van der Waals surface area contributed by atoms with E-state index in [2.05, 4.69) is 15.0 Å². The standard InChI is InChI=1S/C15H15F3N4/c1-3-10(11(19)4-2)12-6-5-9(7-20-12)14-21-8-13(22-14)15(16,17)18/h3,5-8,19H,4H2,1-2H3,(H,21,22)/b10-3+,19-11?. The summed E-state index contributed by atoms with van der Waals surface area (Å²) >= 11 is 0. The Hall–Kier alpha value is -2.44. The molecule has 0 atom stereocenters. The van der Waals surface area contributed by atoms with Gasteiger partial charge in [-0.25, -0.2) is 4.98 Å². The quantitative estimate of drug-likeness (QED) is 0.826. The Morgan fingerprint density at radius 2 is 2.00 bits per heavy atom. The van der Waals surface area contributed by atoms with Gasteiger partial charge in [-0.15, -0.1) is 0 Å². The lowest BCUT2D eigenvalue weighted by Crippen LogP contribution is -2.04. The summed E-state index contributed by atoms with van der Waals surface area (Å²) < 4.78 is 37.6. The Balaban J connectivity index is 2.29. The molecule has 0 unspecified atom stereocenters. The largest absolute Gasteiger partial charge is 0.432 e. The molecule has 2 rings (SSSR count). The van der Waals surface area contributed by atoms with Gasteiger partial charge in [-0.05, 0) is 25.5 Å². The normalized spacial score (nSPS) is 12.5. The Morgan fingerprint density at radius 3 is 2.45 bits per heavy atom. The molecular formula is C15H15F3N4. The third kappa shape index (κ3) is 3.24. The summed E-state index contributed by atoms with van der Waals surface area (Å²) in [7, 11) is 0. The van der Waals surface area contributed by atoms with Gasteiger partial charge >= 0.3 is 6.18 Å². The topological polar surface area (TPSA) is 65.4 Å². The Labute approximate surface area is 125 Å². The van der Waals surface area contributed by atoms with E-state index in [-0.39, 0.29) is 5.82 Å². The molecule has 2 aromatic heterocycles. The van der Waals surface area contributed by atoms with E-state index in [1.807, 2.05) is 13.8 Å². The van der Waals surface area contributed by atoms with Crippen LogP contribution in [0, 0.1) is 5.41 Å². The summed E-state index contributed by atoms with van der Waals surface area (Å²) in [6, 6.07) is 3.30. The second-order valence-corrected chi connectivity index (χ2v) is 4.61. The van der Waals surface area contributed by atoms with E-state index in [1.165, 1.54) is 6.20 Å². The SMILES string of the molecule is C/C=C(\C(=N)CC)c1ccc(-c2ncc(C(F)(F)F)[nH]2)cn1. The van der Waals surface area contributed by atoms with Gasteiger partial charge in [-0.1, -0.05) is 13.0 Å². The first-order chi connectivity index (χ1) is 10.4. The minimum atomic E-state index is -4.45. The van der Waals surface area contributed by atoms with Crippen LogP contribution in [0.15, 0.2) is 30.6 Å². The number of imidazole rings is 1. The monoisotopic (exact) mass is 308 g/mol. The molecule has 0 spiro atoms. The van der Waals surface area contributed by atoms with E-state index in [0.29, 0.717) is 29.0 Å². The maximum atomic E-state index is 12.5. The van der Waals surface area contributed by atoms with Crippen molar-refractivity contribution >= 4 is 11.3 Å². The molecule has 0 fully saturated rings. The molecule has 2 heterocycles. The molecule has 116 valence electrons. The fourth-order valence-corrected chi connectivity index (χ4v) is 1.97. The first kappa shape index (κ1) is 15.9. The van der Waals surface area contributed by atoms with Crippen molar-refractivity contribution in [1.82, 2.24) is 15.0 Å². The predicted octanol–water partition coefficient (Wildman–Crippen LogP) is 4.32. The summed E-state index contributed by atoms with van der Waals surface area (Å²) in [6.45, 7) is 3.69. The van der Waals surface area contributed by atoms with Gasteiger partial charge < -0.3 is 10.4 Å². The molecule has 4 nitrogen and oxygen atoms in total. The first-order valence-electron chi connectivity index (χ1n) is 6.70. The predicted molar refractivity (Wildman–Crippen MR) is 78.5 cm³/mol. The summed E-state index contributed by atoms with van der Waals surface area (Å²) in [5.74, 6) is 0.110. The smallest absolute Gasteiger partial charge is 0.334 e. The summed E-state index contributed by atoms with van der Waals surface area (Å²) in [4.78, 5) is 10.2. The molecule has 7 heteroatoms. The van der Waals surface area contributed by atoms with Gasteiger partial charge in [-0.3, -0.25) is 4.98 Å². The van der Waals surface area contributed by atoms with Crippen LogP contribution in [0.2, 0.25) is 0 Å². The maximum absolute atomic E-state index is 12.5. The molecule has 0 amide bonds. The fourth-order valence-electron chi connectivity index (χ4n) is 1.97. The van der Waals surface area contributed by atoms with Crippen molar-refractivity contribution in [2.24, 2.45) is 0 Å². The van der Waals surface area contributed by atoms with Crippen LogP contribution in [0.25, 0.3) is 17.0 Å². The number of hydrogen-bond donors (Lipinski definition) is 2. The van der Waals surface area contributed by atoms with E-state index >= 15 is 0 Å². The Kier molecular flexibility index (Phi) is 4.44. The van der Waals surface area contributed by atoms with Crippen LogP contribution in [0.4, 0.5) is 13.2 Å². The van der Waals surface area contributed by atoms with Gasteiger partial charge in [0.25, 0.3) is 0 Å². The fraction of sp³-hybridized carbons (Fsp3) is 0.267. The van der Waals surface area contributed by atoms with Gasteiger partial charge in [-0.2, -0.15) is 13.2 Å². The highest BCUT2D eigenvalue weighted by atomic mass is 19.4. The van der Waals surface area contributed by atoms with Gasteiger partial charge in [0.15, 0.2) is 0 Å². The molecule has 2 N–H and O–H groups in total. The van der Waals surface area contributed by atoms with E-state index in [1.54, 1.807) is 18.2 Å². The van der Waals surface area contributed by atoms with Crippen LogP contribution in [0.3, 0.4) is 0 Å². The van der Waals surface area contributed by atoms with Crippen molar-refractivity contribution in [1.29, 1.82) is 5.41 Å². The highest BCUT2D eigenvalue weighted by molar-refractivity contribution is 6.21. The minimum Gasteiger partial charge on any atom is -0.334 e. The van der Waals surface area contributed by atoms with Crippen molar-refractivity contribution in [3.63, 3.8) is 0 Å². The number of H-pyrrole nitrogens is 1. The number of nitrogens with one attached hydrogen (secondary N) is 2. The van der Waals surface area contributed by atoms with E-state index in [9.17, 15) is 13.2 Å². The molecule has 0 aliphatic heterocycles. The number of pyridine rings is 1. The Bertz CT molecular complexity index is 696. The molecule has 22 heavy (non-hydrogen) atoms. The van der Waals surface area contributed by atoms with Crippen molar-refractivity contribution in [2.45, 2.75) is 26.4 Å². The third-order valence-corrected chi connectivity index (χ3v) is 3.16. The average molecular weight is 308 g/mol. The van der Waals surface area contributed by atoms with Crippen molar-refractivity contribution in [3.05, 3.63) is 42.0 Å². The second-order valence-electron chi connectivity index (χ2n) is 4.61. The van der Waals surface area contributed by atoms with Crippen LogP contribution < -0.4 is 0 Å². The number of nitrogens with zero attached hydrogens (tertiary/aromatic N) is 2. The number of halogens is 3. The lowest BCUT2D eigenvalue weighted by molar-refractivity contribution is -0.140. The molecule has 0 aliphatic rings. The van der Waals surface area contributed by atoms with Crippen LogP contribution in [0.1, 0.15) is 31.7 Å². The van der Waals surface area contributed by atoms with E-state index in [4.69, 9.17) is 5.41 Å². The van der Waals surface area contributed by atoms with Crippen molar-refractivity contribution < 1.29 is 13.2 Å². The minimum absolute atomic E-state index is 0.110. The van der Waals surface area contributed by atoms with Crippen LogP contribution in [0.5, 0.6) is 0 Å². The van der Waals surface area contributed by atoms with E-state index < -0.39 is 11.9 Å². The molecule has 0 saturated heterocycles. The number of aromatic nitrogens is 3. The highest BCUT2D eigenvalue weighted by Gasteiger charge is 2.33. The number of alkyl halides is 3. The number of rotatable bonds is 4. The zero-order valence-corrected chi connectivity index (χ0v) is 12.1. The van der Waals surface area contributed by atoms with Crippen molar-refractivity contribution in [2.75, 3.05) is 0 Å². The highest BCUT2D eigenvalue weighted by Crippen LogP contribution is 2.29. The third-order valence-electron chi connectivity index (χ3n) is 3.16.